The largest absolute Gasteiger partial charge is 0.332 e. The number of aryl methyl sites for hydroxylation is 2. The molecule has 108 valence electrons. The third kappa shape index (κ3) is 3.23. The summed E-state index contributed by atoms with van der Waals surface area (Å²) < 4.78 is 26.8. The fraction of sp³-hybridized carbons (Fsp3) is 0.385. The summed E-state index contributed by atoms with van der Waals surface area (Å²) in [6.07, 6.45) is 4.47. The minimum absolute atomic E-state index is 0.0864. The molecule has 20 heavy (non-hydrogen) atoms. The minimum atomic E-state index is -3.58. The molecule has 0 bridgehead atoms. The molecule has 2 heterocycles. The molecule has 0 aliphatic heterocycles. The van der Waals surface area contributed by atoms with Gasteiger partial charge in [0.1, 0.15) is 5.82 Å². The zero-order valence-electron chi connectivity index (χ0n) is 11.5. The van der Waals surface area contributed by atoms with Crippen molar-refractivity contribution in [2.24, 2.45) is 0 Å². The second-order valence-corrected chi connectivity index (χ2v) is 6.07. The Labute approximate surface area is 118 Å². The number of sulfonamides is 1. The standard InChI is InChI=1S/C13H18N4O2S/c1-3-10-6-5-7-14-11(10)8-16-20(18,19)13-9-15-12(4-2)17-13/h5-7,9,16H,3-4,8H2,1-2H3,(H,15,17). The van der Waals surface area contributed by atoms with E-state index in [-0.39, 0.29) is 11.6 Å². The Bertz CT molecular complexity index is 679. The van der Waals surface area contributed by atoms with Gasteiger partial charge >= 0.3 is 0 Å². The number of aromatic amines is 1. The minimum Gasteiger partial charge on any atom is -0.332 e. The van der Waals surface area contributed by atoms with Crippen LogP contribution in [0, 0.1) is 0 Å². The molecule has 0 unspecified atom stereocenters. The Morgan fingerprint density at radius 2 is 2.05 bits per heavy atom. The molecule has 2 aromatic heterocycles. The summed E-state index contributed by atoms with van der Waals surface area (Å²) in [5.41, 5.74) is 1.78. The number of H-pyrrole nitrogens is 1. The van der Waals surface area contributed by atoms with Crippen molar-refractivity contribution in [2.75, 3.05) is 0 Å². The number of imidazole rings is 1. The second-order valence-electron chi connectivity index (χ2n) is 4.34. The fourth-order valence-corrected chi connectivity index (χ4v) is 2.78. The maximum Gasteiger partial charge on any atom is 0.257 e. The number of pyridine rings is 1. The van der Waals surface area contributed by atoms with E-state index in [1.807, 2.05) is 26.0 Å². The topological polar surface area (TPSA) is 87.7 Å². The van der Waals surface area contributed by atoms with Gasteiger partial charge in [-0.2, -0.15) is 0 Å². The van der Waals surface area contributed by atoms with Gasteiger partial charge in [0, 0.05) is 12.6 Å². The van der Waals surface area contributed by atoms with Gasteiger partial charge in [-0.1, -0.05) is 19.9 Å². The monoisotopic (exact) mass is 294 g/mol. The van der Waals surface area contributed by atoms with E-state index in [9.17, 15) is 8.42 Å². The summed E-state index contributed by atoms with van der Waals surface area (Å²) in [7, 11) is -3.58. The molecule has 6 nitrogen and oxygen atoms in total. The Morgan fingerprint density at radius 1 is 1.25 bits per heavy atom. The number of aromatic nitrogens is 3. The molecule has 2 aromatic rings. The molecule has 0 radical (unpaired) electrons. The summed E-state index contributed by atoms with van der Waals surface area (Å²) in [4.78, 5) is 11.0. The second kappa shape index (κ2) is 6.15. The summed E-state index contributed by atoms with van der Waals surface area (Å²) in [5, 5.41) is 0.0864. The molecule has 0 saturated carbocycles. The van der Waals surface area contributed by atoms with E-state index in [2.05, 4.69) is 19.7 Å². The van der Waals surface area contributed by atoms with E-state index < -0.39 is 10.0 Å². The quantitative estimate of drug-likeness (QED) is 0.843. The summed E-state index contributed by atoms with van der Waals surface area (Å²) in [6, 6.07) is 3.79. The molecule has 2 N–H and O–H groups in total. The van der Waals surface area contributed by atoms with Crippen molar-refractivity contribution in [2.45, 2.75) is 38.3 Å². The Hall–Kier alpha value is -1.73. The Morgan fingerprint density at radius 3 is 2.70 bits per heavy atom. The van der Waals surface area contributed by atoms with E-state index in [1.54, 1.807) is 6.20 Å². The molecule has 7 heteroatoms. The van der Waals surface area contributed by atoms with Gasteiger partial charge in [-0.15, -0.1) is 0 Å². The van der Waals surface area contributed by atoms with Crippen molar-refractivity contribution in [1.29, 1.82) is 0 Å². The molecule has 0 saturated heterocycles. The van der Waals surface area contributed by atoms with Crippen LogP contribution in [0.2, 0.25) is 0 Å². The van der Waals surface area contributed by atoms with Gasteiger partial charge in [0.2, 0.25) is 0 Å². The molecule has 0 aliphatic carbocycles. The Kier molecular flexibility index (Phi) is 4.51. The van der Waals surface area contributed by atoms with Crippen molar-refractivity contribution >= 4 is 10.0 Å². The van der Waals surface area contributed by atoms with Crippen molar-refractivity contribution < 1.29 is 8.42 Å². The van der Waals surface area contributed by atoms with Crippen molar-refractivity contribution in [3.63, 3.8) is 0 Å². The molecular weight excluding hydrogens is 276 g/mol. The first-order valence-corrected chi connectivity index (χ1v) is 8.01. The van der Waals surface area contributed by atoms with Crippen LogP contribution in [-0.2, 0) is 29.4 Å². The van der Waals surface area contributed by atoms with E-state index in [0.29, 0.717) is 12.2 Å². The zero-order valence-corrected chi connectivity index (χ0v) is 12.4. The van der Waals surface area contributed by atoms with Crippen LogP contribution in [0.5, 0.6) is 0 Å². The van der Waals surface area contributed by atoms with E-state index >= 15 is 0 Å². The van der Waals surface area contributed by atoms with E-state index in [0.717, 1.165) is 17.7 Å². The third-order valence-corrected chi connectivity index (χ3v) is 4.34. The lowest BCUT2D eigenvalue weighted by Crippen LogP contribution is -2.24. The predicted octanol–water partition coefficient (Wildman–Crippen LogP) is 1.41. The van der Waals surface area contributed by atoms with Crippen molar-refractivity contribution in [3.05, 3.63) is 41.6 Å². The predicted molar refractivity (Wildman–Crippen MR) is 75.6 cm³/mol. The summed E-state index contributed by atoms with van der Waals surface area (Å²) in [5.74, 6) is 0.650. The molecule has 0 spiro atoms. The SMILES string of the molecule is CCc1ncc(S(=O)(=O)NCc2ncccc2CC)[nH]1. The Balaban J connectivity index is 2.13. The first kappa shape index (κ1) is 14.7. The number of nitrogens with zero attached hydrogens (tertiary/aromatic N) is 2. The van der Waals surface area contributed by atoms with Crippen LogP contribution in [0.25, 0.3) is 0 Å². The van der Waals surface area contributed by atoms with Crippen LogP contribution in [-0.4, -0.2) is 23.4 Å². The van der Waals surface area contributed by atoms with Gasteiger partial charge in [-0.3, -0.25) is 4.98 Å². The maximum atomic E-state index is 12.1. The highest BCUT2D eigenvalue weighted by molar-refractivity contribution is 7.89. The molecule has 0 fully saturated rings. The molecule has 0 aromatic carbocycles. The van der Waals surface area contributed by atoms with Gasteiger partial charge in [-0.25, -0.2) is 18.1 Å². The number of nitrogens with one attached hydrogen (secondary N) is 2. The van der Waals surface area contributed by atoms with Crippen LogP contribution in [0.15, 0.2) is 29.6 Å². The average molecular weight is 294 g/mol. The zero-order chi connectivity index (χ0) is 14.6. The molecular formula is C13H18N4O2S. The van der Waals surface area contributed by atoms with Crippen LogP contribution in [0.3, 0.4) is 0 Å². The third-order valence-electron chi connectivity index (χ3n) is 3.02. The molecule has 0 amide bonds. The summed E-state index contributed by atoms with van der Waals surface area (Å²) in [6.45, 7) is 4.09. The van der Waals surface area contributed by atoms with Crippen LogP contribution < -0.4 is 4.72 Å². The van der Waals surface area contributed by atoms with Gasteiger partial charge in [0.25, 0.3) is 10.0 Å². The van der Waals surface area contributed by atoms with E-state index in [4.69, 9.17) is 0 Å². The lowest BCUT2D eigenvalue weighted by molar-refractivity contribution is 0.576. The molecule has 2 rings (SSSR count). The molecule has 0 atom stereocenters. The smallest absolute Gasteiger partial charge is 0.257 e. The van der Waals surface area contributed by atoms with Gasteiger partial charge < -0.3 is 4.98 Å². The normalized spacial score (nSPS) is 11.7. The lowest BCUT2D eigenvalue weighted by Gasteiger charge is -2.07. The average Bonchev–Trinajstić information content (AvgIpc) is 2.95. The summed E-state index contributed by atoms with van der Waals surface area (Å²) >= 11 is 0. The highest BCUT2D eigenvalue weighted by Crippen LogP contribution is 2.09. The number of rotatable bonds is 6. The van der Waals surface area contributed by atoms with Crippen LogP contribution >= 0.6 is 0 Å². The number of hydrogen-bond acceptors (Lipinski definition) is 4. The molecule has 0 aliphatic rings. The lowest BCUT2D eigenvalue weighted by atomic mass is 10.1. The van der Waals surface area contributed by atoms with Gasteiger partial charge in [0.05, 0.1) is 18.4 Å². The highest BCUT2D eigenvalue weighted by Gasteiger charge is 2.17. The fourth-order valence-electron chi connectivity index (χ4n) is 1.85. The first-order chi connectivity index (χ1) is 9.56. The first-order valence-electron chi connectivity index (χ1n) is 6.53. The highest BCUT2D eigenvalue weighted by atomic mass is 32.2. The van der Waals surface area contributed by atoms with Crippen molar-refractivity contribution in [1.82, 2.24) is 19.7 Å². The van der Waals surface area contributed by atoms with Gasteiger partial charge in [0.15, 0.2) is 5.03 Å². The number of hydrogen-bond donors (Lipinski definition) is 2. The van der Waals surface area contributed by atoms with Crippen LogP contribution in [0.4, 0.5) is 0 Å². The maximum absolute atomic E-state index is 12.1. The van der Waals surface area contributed by atoms with Crippen molar-refractivity contribution in [3.8, 4) is 0 Å². The van der Waals surface area contributed by atoms with Gasteiger partial charge in [-0.05, 0) is 18.1 Å². The van der Waals surface area contributed by atoms with E-state index in [1.165, 1.54) is 6.20 Å². The van der Waals surface area contributed by atoms with Crippen LogP contribution in [0.1, 0.15) is 30.9 Å².